The normalized spacial score (nSPS) is 11.6. The molecule has 0 aliphatic carbocycles. The standard InChI is InChI=1S/C17H18N2O4/c1-13(23-17(21)15-10-6-7-11-19(15)22)16(20)18(2)12-14-8-4-3-5-9-14/h3-11,13H,12H2,1-2H3/t13-/m0/s1. The third kappa shape index (κ3) is 4.29. The molecule has 0 saturated carbocycles. The topological polar surface area (TPSA) is 73.5 Å². The van der Waals surface area contributed by atoms with Crippen molar-refractivity contribution in [3.63, 3.8) is 0 Å². The van der Waals surface area contributed by atoms with Crippen molar-refractivity contribution in [2.24, 2.45) is 0 Å². The molecule has 23 heavy (non-hydrogen) atoms. The number of rotatable bonds is 5. The number of carbonyl (C=O) groups excluding carboxylic acids is 2. The lowest BCUT2D eigenvalue weighted by atomic mass is 10.2. The molecule has 0 radical (unpaired) electrons. The lowest BCUT2D eigenvalue weighted by Gasteiger charge is -2.21. The molecule has 1 amide bonds. The molecule has 0 aliphatic heterocycles. The zero-order chi connectivity index (χ0) is 16.8. The lowest BCUT2D eigenvalue weighted by molar-refractivity contribution is -0.608. The number of nitrogens with zero attached hydrogens (tertiary/aromatic N) is 2. The highest BCUT2D eigenvalue weighted by Crippen LogP contribution is 2.07. The van der Waals surface area contributed by atoms with E-state index in [-0.39, 0.29) is 11.6 Å². The fourth-order valence-corrected chi connectivity index (χ4v) is 2.10. The van der Waals surface area contributed by atoms with Gasteiger partial charge in [0.25, 0.3) is 5.91 Å². The Morgan fingerprint density at radius 2 is 1.83 bits per heavy atom. The van der Waals surface area contributed by atoms with E-state index < -0.39 is 12.1 Å². The Labute approximate surface area is 134 Å². The highest BCUT2D eigenvalue weighted by atomic mass is 16.6. The molecule has 1 aromatic carbocycles. The van der Waals surface area contributed by atoms with Crippen LogP contribution in [-0.4, -0.2) is 29.9 Å². The maximum absolute atomic E-state index is 12.3. The average molecular weight is 314 g/mol. The van der Waals surface area contributed by atoms with Crippen LogP contribution in [0.1, 0.15) is 23.0 Å². The molecule has 1 heterocycles. The fraction of sp³-hybridized carbons (Fsp3) is 0.235. The molecule has 0 fully saturated rings. The van der Waals surface area contributed by atoms with Gasteiger partial charge in [-0.1, -0.05) is 30.3 Å². The highest BCUT2D eigenvalue weighted by Gasteiger charge is 2.25. The molecule has 6 heteroatoms. The number of esters is 1. The van der Waals surface area contributed by atoms with Gasteiger partial charge in [-0.3, -0.25) is 4.79 Å². The lowest BCUT2D eigenvalue weighted by Crippen LogP contribution is -2.40. The van der Waals surface area contributed by atoms with Crippen molar-refractivity contribution in [1.82, 2.24) is 4.90 Å². The maximum Gasteiger partial charge on any atom is 0.405 e. The largest absolute Gasteiger partial charge is 0.618 e. The first-order valence-electron chi connectivity index (χ1n) is 7.17. The second kappa shape index (κ2) is 7.40. The molecule has 6 nitrogen and oxygen atoms in total. The van der Waals surface area contributed by atoms with Crippen LogP contribution in [0.15, 0.2) is 54.7 Å². The number of hydrogen-bond acceptors (Lipinski definition) is 4. The minimum Gasteiger partial charge on any atom is -0.618 e. The Bertz CT molecular complexity index is 688. The summed E-state index contributed by atoms with van der Waals surface area (Å²) in [6.07, 6.45) is 0.223. The van der Waals surface area contributed by atoms with Crippen LogP contribution in [0.2, 0.25) is 0 Å². The Balaban J connectivity index is 1.97. The first-order valence-corrected chi connectivity index (χ1v) is 7.17. The third-order valence-electron chi connectivity index (χ3n) is 3.30. The number of benzene rings is 1. The van der Waals surface area contributed by atoms with E-state index >= 15 is 0 Å². The molecule has 0 saturated heterocycles. The van der Waals surface area contributed by atoms with Gasteiger partial charge < -0.3 is 14.8 Å². The summed E-state index contributed by atoms with van der Waals surface area (Å²) >= 11 is 0. The van der Waals surface area contributed by atoms with E-state index in [1.807, 2.05) is 30.3 Å². The Morgan fingerprint density at radius 3 is 2.48 bits per heavy atom. The van der Waals surface area contributed by atoms with E-state index in [9.17, 15) is 14.8 Å². The fourth-order valence-electron chi connectivity index (χ4n) is 2.10. The number of hydrogen-bond donors (Lipinski definition) is 0. The van der Waals surface area contributed by atoms with Gasteiger partial charge in [-0.25, -0.2) is 4.79 Å². The van der Waals surface area contributed by atoms with Crippen molar-refractivity contribution in [3.8, 4) is 0 Å². The number of amides is 1. The molecule has 1 atom stereocenters. The van der Waals surface area contributed by atoms with Crippen LogP contribution in [0.4, 0.5) is 0 Å². The van der Waals surface area contributed by atoms with Crippen molar-refractivity contribution >= 4 is 11.9 Å². The van der Waals surface area contributed by atoms with Crippen molar-refractivity contribution in [3.05, 3.63) is 71.2 Å². The summed E-state index contributed by atoms with van der Waals surface area (Å²) < 4.78 is 5.50. The van der Waals surface area contributed by atoms with Crippen LogP contribution in [0.5, 0.6) is 0 Å². The molecule has 0 spiro atoms. The van der Waals surface area contributed by atoms with Crippen LogP contribution >= 0.6 is 0 Å². The van der Waals surface area contributed by atoms with Gasteiger partial charge in [0.15, 0.2) is 12.3 Å². The van der Waals surface area contributed by atoms with E-state index in [4.69, 9.17) is 4.74 Å². The summed E-state index contributed by atoms with van der Waals surface area (Å²) in [6, 6.07) is 13.9. The van der Waals surface area contributed by atoms with Gasteiger partial charge in [-0.05, 0) is 18.6 Å². The molecule has 0 unspecified atom stereocenters. The van der Waals surface area contributed by atoms with Crippen LogP contribution in [0, 0.1) is 5.21 Å². The van der Waals surface area contributed by atoms with Crippen molar-refractivity contribution < 1.29 is 19.1 Å². The molecular formula is C17H18N2O4. The van der Waals surface area contributed by atoms with Gasteiger partial charge in [0.2, 0.25) is 0 Å². The van der Waals surface area contributed by atoms with Crippen LogP contribution in [0.25, 0.3) is 0 Å². The van der Waals surface area contributed by atoms with E-state index in [1.54, 1.807) is 13.1 Å². The Hall–Kier alpha value is -2.89. The van der Waals surface area contributed by atoms with Gasteiger partial charge in [0, 0.05) is 25.7 Å². The van der Waals surface area contributed by atoms with Crippen molar-refractivity contribution in [2.45, 2.75) is 19.6 Å². The molecule has 0 aliphatic rings. The van der Waals surface area contributed by atoms with E-state index in [0.29, 0.717) is 11.3 Å². The monoisotopic (exact) mass is 314 g/mol. The molecule has 0 N–H and O–H groups in total. The second-order valence-electron chi connectivity index (χ2n) is 5.14. The maximum atomic E-state index is 12.3. The summed E-state index contributed by atoms with van der Waals surface area (Å²) in [7, 11) is 1.63. The van der Waals surface area contributed by atoms with Crippen LogP contribution < -0.4 is 4.73 Å². The van der Waals surface area contributed by atoms with E-state index in [2.05, 4.69) is 0 Å². The number of aromatic nitrogens is 1. The van der Waals surface area contributed by atoms with Crippen molar-refractivity contribution in [1.29, 1.82) is 0 Å². The zero-order valence-electron chi connectivity index (χ0n) is 13.0. The molecule has 120 valence electrons. The van der Waals surface area contributed by atoms with Crippen LogP contribution in [0.3, 0.4) is 0 Å². The van der Waals surface area contributed by atoms with Gasteiger partial charge in [-0.15, -0.1) is 0 Å². The van der Waals surface area contributed by atoms with Crippen LogP contribution in [-0.2, 0) is 16.1 Å². The zero-order valence-corrected chi connectivity index (χ0v) is 13.0. The number of pyridine rings is 1. The quantitative estimate of drug-likeness (QED) is 0.476. The molecule has 1 aromatic heterocycles. The first kappa shape index (κ1) is 16.5. The number of ether oxygens (including phenoxy) is 1. The van der Waals surface area contributed by atoms with Gasteiger partial charge in [0.1, 0.15) is 0 Å². The smallest absolute Gasteiger partial charge is 0.405 e. The molecule has 2 rings (SSSR count). The predicted molar refractivity (Wildman–Crippen MR) is 83.2 cm³/mol. The summed E-state index contributed by atoms with van der Waals surface area (Å²) in [6.45, 7) is 1.90. The SMILES string of the molecule is C[C@H](OC(=O)c1cccc[n+]1[O-])C(=O)N(C)Cc1ccccc1. The summed E-state index contributed by atoms with van der Waals surface area (Å²) in [5.74, 6) is -1.16. The number of carbonyl (C=O) groups is 2. The summed E-state index contributed by atoms with van der Waals surface area (Å²) in [4.78, 5) is 25.7. The molecular weight excluding hydrogens is 296 g/mol. The van der Waals surface area contributed by atoms with Gasteiger partial charge >= 0.3 is 11.7 Å². The minimum absolute atomic E-state index is 0.155. The Morgan fingerprint density at radius 1 is 1.17 bits per heavy atom. The Kier molecular flexibility index (Phi) is 5.30. The second-order valence-corrected chi connectivity index (χ2v) is 5.14. The first-order chi connectivity index (χ1) is 11.0. The van der Waals surface area contributed by atoms with Gasteiger partial charge in [-0.2, -0.15) is 4.73 Å². The summed E-state index contributed by atoms with van der Waals surface area (Å²) in [5.41, 5.74) is 0.820. The van der Waals surface area contributed by atoms with E-state index in [0.717, 1.165) is 5.56 Å². The van der Waals surface area contributed by atoms with Gasteiger partial charge in [0.05, 0.1) is 0 Å². The molecule has 0 bridgehead atoms. The molecule has 2 aromatic rings. The van der Waals surface area contributed by atoms with Crippen molar-refractivity contribution in [2.75, 3.05) is 7.05 Å². The number of likely N-dealkylation sites (N-methyl/N-ethyl adjacent to an activating group) is 1. The highest BCUT2D eigenvalue weighted by molar-refractivity contribution is 5.89. The third-order valence-corrected chi connectivity index (χ3v) is 3.30. The summed E-state index contributed by atoms with van der Waals surface area (Å²) in [5, 5.41) is 11.5. The minimum atomic E-state index is -0.976. The average Bonchev–Trinajstić information content (AvgIpc) is 2.55. The van der Waals surface area contributed by atoms with E-state index in [1.165, 1.54) is 30.2 Å². The predicted octanol–water partition coefficient (Wildman–Crippen LogP) is 1.52.